The number of hydrogen-bond acceptors (Lipinski definition) is 4. The number of nitrogens with zero attached hydrogens (tertiary/aromatic N) is 3. The number of hydrogen-bond donors (Lipinski definition) is 0. The van der Waals surface area contributed by atoms with Crippen LogP contribution in [0, 0.1) is 6.92 Å². The van der Waals surface area contributed by atoms with Crippen LogP contribution in [-0.4, -0.2) is 46.5 Å². The fourth-order valence-corrected chi connectivity index (χ4v) is 3.07. The molecule has 4 rings (SSSR count). The van der Waals surface area contributed by atoms with E-state index in [4.69, 9.17) is 9.47 Å². The van der Waals surface area contributed by atoms with E-state index in [9.17, 15) is 4.79 Å². The lowest BCUT2D eigenvalue weighted by atomic mass is 10.2. The lowest BCUT2D eigenvalue weighted by molar-refractivity contribution is 0.0303. The van der Waals surface area contributed by atoms with Crippen LogP contribution in [0.3, 0.4) is 0 Å². The maximum atomic E-state index is 12.4. The molecule has 1 saturated heterocycles. The van der Waals surface area contributed by atoms with Gasteiger partial charge >= 0.3 is 0 Å². The molecule has 134 valence electrons. The monoisotopic (exact) mass is 351 g/mol. The van der Waals surface area contributed by atoms with Crippen LogP contribution in [0.2, 0.25) is 0 Å². The van der Waals surface area contributed by atoms with Gasteiger partial charge in [0.25, 0.3) is 5.91 Å². The summed E-state index contributed by atoms with van der Waals surface area (Å²) in [5.74, 6) is 0.757. The van der Waals surface area contributed by atoms with E-state index in [1.54, 1.807) is 12.1 Å². The smallest absolute Gasteiger partial charge is 0.254 e. The summed E-state index contributed by atoms with van der Waals surface area (Å²) >= 11 is 0. The molecule has 3 aromatic rings. The van der Waals surface area contributed by atoms with Gasteiger partial charge < -0.3 is 18.8 Å². The number of pyridine rings is 1. The van der Waals surface area contributed by atoms with Crippen LogP contribution < -0.4 is 4.74 Å². The molecular formula is C20H21N3O3. The first kappa shape index (κ1) is 16.6. The number of amides is 1. The molecule has 1 aromatic carbocycles. The summed E-state index contributed by atoms with van der Waals surface area (Å²) in [6.07, 6.45) is 3.95. The van der Waals surface area contributed by atoms with Crippen molar-refractivity contribution in [1.29, 1.82) is 0 Å². The third kappa shape index (κ3) is 3.41. The molecule has 6 nitrogen and oxygen atoms in total. The minimum Gasteiger partial charge on any atom is -0.487 e. The van der Waals surface area contributed by atoms with Crippen LogP contribution >= 0.6 is 0 Å². The second-order valence-electron chi connectivity index (χ2n) is 6.37. The van der Waals surface area contributed by atoms with E-state index >= 15 is 0 Å². The summed E-state index contributed by atoms with van der Waals surface area (Å²) in [6.45, 7) is 4.92. The van der Waals surface area contributed by atoms with Gasteiger partial charge in [0.2, 0.25) is 0 Å². The van der Waals surface area contributed by atoms with Gasteiger partial charge in [-0.2, -0.15) is 0 Å². The topological polar surface area (TPSA) is 56.1 Å². The van der Waals surface area contributed by atoms with Crippen LogP contribution in [0.1, 0.15) is 21.6 Å². The lowest BCUT2D eigenvalue weighted by Gasteiger charge is -2.26. The SMILES string of the molecule is Cc1cccn2cc(COc3ccc(C(=O)N4CCOCC4)cc3)nc12. The Morgan fingerprint density at radius 3 is 2.69 bits per heavy atom. The number of imidazole rings is 1. The number of fused-ring (bicyclic) bond motifs is 1. The van der Waals surface area contributed by atoms with Gasteiger partial charge in [-0.25, -0.2) is 4.98 Å². The van der Waals surface area contributed by atoms with Gasteiger partial charge in [0.05, 0.1) is 18.9 Å². The molecule has 0 N–H and O–H groups in total. The van der Waals surface area contributed by atoms with Gasteiger partial charge in [0, 0.05) is 31.0 Å². The molecule has 6 heteroatoms. The van der Waals surface area contributed by atoms with E-state index in [2.05, 4.69) is 4.98 Å². The van der Waals surface area contributed by atoms with E-state index in [-0.39, 0.29) is 5.91 Å². The maximum absolute atomic E-state index is 12.4. The molecule has 1 amide bonds. The van der Waals surface area contributed by atoms with Crippen LogP contribution in [-0.2, 0) is 11.3 Å². The zero-order valence-electron chi connectivity index (χ0n) is 14.7. The van der Waals surface area contributed by atoms with Crippen molar-refractivity contribution >= 4 is 11.6 Å². The van der Waals surface area contributed by atoms with Crippen molar-refractivity contribution in [3.63, 3.8) is 0 Å². The highest BCUT2D eigenvalue weighted by molar-refractivity contribution is 5.94. The standard InChI is InChI=1S/C20H21N3O3/c1-15-3-2-8-23-13-17(21-19(15)23)14-26-18-6-4-16(5-7-18)20(24)22-9-11-25-12-10-22/h2-8,13H,9-12,14H2,1H3. The van der Waals surface area contributed by atoms with Crippen LogP contribution in [0.4, 0.5) is 0 Å². The first-order valence-electron chi connectivity index (χ1n) is 8.74. The van der Waals surface area contributed by atoms with Crippen molar-refractivity contribution in [2.75, 3.05) is 26.3 Å². The molecule has 3 heterocycles. The molecule has 0 bridgehead atoms. The molecule has 0 radical (unpaired) electrons. The van der Waals surface area contributed by atoms with E-state index in [0.717, 1.165) is 22.7 Å². The zero-order chi connectivity index (χ0) is 17.9. The maximum Gasteiger partial charge on any atom is 0.254 e. The highest BCUT2D eigenvalue weighted by atomic mass is 16.5. The van der Waals surface area contributed by atoms with Gasteiger partial charge in [-0.3, -0.25) is 4.79 Å². The van der Waals surface area contributed by atoms with E-state index < -0.39 is 0 Å². The largest absolute Gasteiger partial charge is 0.487 e. The molecule has 1 aliphatic rings. The van der Waals surface area contributed by atoms with Crippen LogP contribution in [0.25, 0.3) is 5.65 Å². The summed E-state index contributed by atoms with van der Waals surface area (Å²) in [5.41, 5.74) is 3.61. The average molecular weight is 351 g/mol. The molecule has 1 fully saturated rings. The van der Waals surface area contributed by atoms with Crippen LogP contribution in [0.15, 0.2) is 48.8 Å². The minimum absolute atomic E-state index is 0.0377. The molecular weight excluding hydrogens is 330 g/mol. The predicted octanol–water partition coefficient (Wildman–Crippen LogP) is 2.69. The van der Waals surface area contributed by atoms with E-state index in [1.165, 1.54) is 0 Å². The summed E-state index contributed by atoms with van der Waals surface area (Å²) in [4.78, 5) is 18.9. The van der Waals surface area contributed by atoms with Gasteiger partial charge in [-0.05, 0) is 42.8 Å². The first-order chi connectivity index (χ1) is 12.7. The fraction of sp³-hybridized carbons (Fsp3) is 0.300. The first-order valence-corrected chi connectivity index (χ1v) is 8.74. The van der Waals surface area contributed by atoms with Gasteiger partial charge in [0.1, 0.15) is 18.0 Å². The van der Waals surface area contributed by atoms with Crippen LogP contribution in [0.5, 0.6) is 5.75 Å². The summed E-state index contributed by atoms with van der Waals surface area (Å²) in [6, 6.07) is 11.3. The Balaban J connectivity index is 1.40. The van der Waals surface area contributed by atoms with Gasteiger partial charge in [-0.15, -0.1) is 0 Å². The Morgan fingerprint density at radius 1 is 1.19 bits per heavy atom. The van der Waals surface area contributed by atoms with E-state index in [1.807, 2.05) is 52.9 Å². The van der Waals surface area contributed by atoms with Crippen molar-refractivity contribution < 1.29 is 14.3 Å². The predicted molar refractivity (Wildman–Crippen MR) is 97.4 cm³/mol. The second kappa shape index (κ2) is 7.17. The molecule has 0 saturated carbocycles. The number of carbonyl (C=O) groups is 1. The van der Waals surface area contributed by atoms with E-state index in [0.29, 0.717) is 38.5 Å². The van der Waals surface area contributed by atoms with Gasteiger partial charge in [0.15, 0.2) is 0 Å². The van der Waals surface area contributed by atoms with Crippen molar-refractivity contribution in [3.05, 3.63) is 65.6 Å². The summed E-state index contributed by atoms with van der Waals surface area (Å²) in [5, 5.41) is 0. The second-order valence-corrected chi connectivity index (χ2v) is 6.37. The number of carbonyl (C=O) groups excluding carboxylic acids is 1. The number of ether oxygens (including phenoxy) is 2. The Kier molecular flexibility index (Phi) is 4.58. The normalized spacial score (nSPS) is 14.6. The van der Waals surface area contributed by atoms with Gasteiger partial charge in [-0.1, -0.05) is 6.07 Å². The third-order valence-electron chi connectivity index (χ3n) is 4.51. The Labute approximate surface area is 152 Å². The third-order valence-corrected chi connectivity index (χ3v) is 4.51. The molecule has 26 heavy (non-hydrogen) atoms. The number of benzene rings is 1. The molecule has 1 aliphatic heterocycles. The fourth-order valence-electron chi connectivity index (χ4n) is 3.07. The molecule has 0 unspecified atom stereocenters. The lowest BCUT2D eigenvalue weighted by Crippen LogP contribution is -2.40. The summed E-state index contributed by atoms with van der Waals surface area (Å²) in [7, 11) is 0. The highest BCUT2D eigenvalue weighted by Crippen LogP contribution is 2.17. The quantitative estimate of drug-likeness (QED) is 0.725. The van der Waals surface area contributed by atoms with Crippen molar-refractivity contribution in [2.45, 2.75) is 13.5 Å². The molecule has 0 aliphatic carbocycles. The van der Waals surface area contributed by atoms with Crippen molar-refractivity contribution in [2.24, 2.45) is 0 Å². The molecule has 2 aromatic heterocycles. The number of rotatable bonds is 4. The highest BCUT2D eigenvalue weighted by Gasteiger charge is 2.18. The van der Waals surface area contributed by atoms with Crippen molar-refractivity contribution in [1.82, 2.24) is 14.3 Å². The summed E-state index contributed by atoms with van der Waals surface area (Å²) < 4.78 is 13.1. The number of morpholine rings is 1. The Hall–Kier alpha value is -2.86. The molecule has 0 atom stereocenters. The minimum atomic E-state index is 0.0377. The zero-order valence-corrected chi connectivity index (χ0v) is 14.7. The average Bonchev–Trinajstić information content (AvgIpc) is 3.11. The number of aryl methyl sites for hydroxylation is 1. The number of aromatic nitrogens is 2. The Bertz CT molecular complexity index is 912. The Morgan fingerprint density at radius 2 is 1.96 bits per heavy atom. The molecule has 0 spiro atoms. The van der Waals surface area contributed by atoms with Crippen molar-refractivity contribution in [3.8, 4) is 5.75 Å².